The van der Waals surface area contributed by atoms with Gasteiger partial charge in [0.05, 0.1) is 13.2 Å². The van der Waals surface area contributed by atoms with Gasteiger partial charge in [0.25, 0.3) is 10.0 Å². The number of carbonyl (C=O) groups is 1. The molecule has 6 nitrogen and oxygen atoms in total. The normalized spacial score (nSPS) is 11.2. The maximum Gasteiger partial charge on any atom is 0.250 e. The molecule has 0 spiro atoms. The third-order valence-electron chi connectivity index (χ3n) is 3.37. The van der Waals surface area contributed by atoms with Crippen molar-refractivity contribution in [3.05, 3.63) is 47.3 Å². The molecule has 0 unspecified atom stereocenters. The molecule has 0 aliphatic rings. The summed E-state index contributed by atoms with van der Waals surface area (Å²) in [6.45, 7) is 2.81. The highest BCUT2D eigenvalue weighted by Gasteiger charge is 2.15. The van der Waals surface area contributed by atoms with Crippen molar-refractivity contribution in [2.45, 2.75) is 24.0 Å². The fraction of sp³-hybridized carbons (Fsp3) is 0.353. The van der Waals surface area contributed by atoms with E-state index in [1.54, 1.807) is 11.4 Å². The third kappa shape index (κ3) is 6.85. The minimum absolute atomic E-state index is 0.202. The second kappa shape index (κ2) is 9.55. The predicted molar refractivity (Wildman–Crippen MR) is 98.4 cm³/mol. The largest absolute Gasteiger partial charge is 0.494 e. The molecule has 1 heterocycles. The molecule has 2 aromatic rings. The molecule has 25 heavy (non-hydrogen) atoms. The lowest BCUT2D eigenvalue weighted by Crippen LogP contribution is -2.37. The van der Waals surface area contributed by atoms with Gasteiger partial charge in [-0.15, -0.1) is 11.3 Å². The van der Waals surface area contributed by atoms with Crippen molar-refractivity contribution < 1.29 is 17.9 Å². The van der Waals surface area contributed by atoms with Crippen molar-refractivity contribution in [3.63, 3.8) is 0 Å². The molecule has 0 saturated carbocycles. The molecule has 1 amide bonds. The average Bonchev–Trinajstić information content (AvgIpc) is 3.13. The van der Waals surface area contributed by atoms with Crippen LogP contribution in [0.3, 0.4) is 0 Å². The van der Waals surface area contributed by atoms with Crippen LogP contribution >= 0.6 is 11.3 Å². The van der Waals surface area contributed by atoms with Crippen LogP contribution in [0.1, 0.15) is 18.4 Å². The molecular formula is C17H22N2O4S2. The maximum atomic E-state index is 11.9. The van der Waals surface area contributed by atoms with E-state index in [1.165, 1.54) is 11.6 Å². The van der Waals surface area contributed by atoms with Crippen molar-refractivity contribution >= 4 is 27.3 Å². The number of rotatable bonds is 10. The van der Waals surface area contributed by atoms with Gasteiger partial charge in [0.15, 0.2) is 0 Å². The Morgan fingerprint density at radius 2 is 1.92 bits per heavy atom. The summed E-state index contributed by atoms with van der Waals surface area (Å²) in [7, 11) is -3.60. The predicted octanol–water partition coefficient (Wildman–Crippen LogP) is 2.31. The Balaban J connectivity index is 1.56. The van der Waals surface area contributed by atoms with Gasteiger partial charge in [-0.3, -0.25) is 4.79 Å². The summed E-state index contributed by atoms with van der Waals surface area (Å²) < 4.78 is 31.8. The second-order valence-electron chi connectivity index (χ2n) is 5.48. The Kier molecular flexibility index (Phi) is 7.42. The number of ether oxygens (including phenoxy) is 1. The summed E-state index contributed by atoms with van der Waals surface area (Å²) in [4.78, 5) is 11.7. The van der Waals surface area contributed by atoms with Crippen molar-refractivity contribution in [1.29, 1.82) is 0 Å². The van der Waals surface area contributed by atoms with Crippen LogP contribution in [-0.4, -0.2) is 34.0 Å². The highest BCUT2D eigenvalue weighted by molar-refractivity contribution is 7.91. The van der Waals surface area contributed by atoms with Gasteiger partial charge in [0.2, 0.25) is 5.91 Å². The van der Waals surface area contributed by atoms with Crippen molar-refractivity contribution in [1.82, 2.24) is 10.0 Å². The van der Waals surface area contributed by atoms with Gasteiger partial charge in [0.1, 0.15) is 9.96 Å². The summed E-state index contributed by atoms with van der Waals surface area (Å²) >= 11 is 1.11. The van der Waals surface area contributed by atoms with Gasteiger partial charge in [-0.2, -0.15) is 0 Å². The lowest BCUT2D eigenvalue weighted by atomic mass is 10.2. The Morgan fingerprint density at radius 3 is 2.60 bits per heavy atom. The number of hydrogen-bond donors (Lipinski definition) is 2. The molecule has 0 aliphatic carbocycles. The van der Waals surface area contributed by atoms with E-state index in [2.05, 4.69) is 10.0 Å². The summed E-state index contributed by atoms with van der Waals surface area (Å²) in [5, 5.41) is 4.36. The second-order valence-corrected chi connectivity index (χ2v) is 8.42. The van der Waals surface area contributed by atoms with Crippen LogP contribution in [-0.2, 0) is 14.8 Å². The highest BCUT2D eigenvalue weighted by atomic mass is 32.2. The van der Waals surface area contributed by atoms with E-state index in [9.17, 15) is 13.2 Å². The molecule has 0 radical (unpaired) electrons. The molecule has 0 fully saturated rings. The van der Waals surface area contributed by atoms with Crippen molar-refractivity contribution in [3.8, 4) is 5.75 Å². The number of carbonyl (C=O) groups excluding carboxylic acids is 1. The number of amides is 1. The van der Waals surface area contributed by atoms with E-state index in [-0.39, 0.29) is 16.7 Å². The molecule has 2 rings (SSSR count). The summed E-state index contributed by atoms with van der Waals surface area (Å²) in [6.07, 6.45) is 1.56. The number of thiophene rings is 1. The maximum absolute atomic E-state index is 11.9. The Hall–Kier alpha value is -1.90. The van der Waals surface area contributed by atoms with Gasteiger partial charge in [-0.05, 0) is 43.3 Å². The van der Waals surface area contributed by atoms with Gasteiger partial charge in [-0.1, -0.05) is 23.8 Å². The van der Waals surface area contributed by atoms with E-state index in [1.807, 2.05) is 31.2 Å². The number of sulfonamides is 1. The third-order valence-corrected chi connectivity index (χ3v) is 6.16. The van der Waals surface area contributed by atoms with Crippen LogP contribution in [0.25, 0.3) is 0 Å². The molecule has 1 aromatic heterocycles. The lowest BCUT2D eigenvalue weighted by molar-refractivity contribution is -0.119. The minimum Gasteiger partial charge on any atom is -0.494 e. The van der Waals surface area contributed by atoms with Crippen LogP contribution in [0.4, 0.5) is 0 Å². The Labute approximate surface area is 152 Å². The Morgan fingerprint density at radius 1 is 1.16 bits per heavy atom. The van der Waals surface area contributed by atoms with Crippen LogP contribution in [0.2, 0.25) is 0 Å². The first-order valence-electron chi connectivity index (χ1n) is 7.97. The smallest absolute Gasteiger partial charge is 0.250 e. The first-order chi connectivity index (χ1) is 12.0. The molecule has 0 saturated heterocycles. The zero-order chi connectivity index (χ0) is 18.1. The van der Waals surface area contributed by atoms with E-state index in [0.717, 1.165) is 29.9 Å². The number of aryl methyl sites for hydroxylation is 1. The molecule has 8 heteroatoms. The molecule has 0 aliphatic heterocycles. The molecule has 0 atom stereocenters. The van der Waals surface area contributed by atoms with Crippen LogP contribution in [0, 0.1) is 6.92 Å². The quantitative estimate of drug-likeness (QED) is 0.618. The summed E-state index contributed by atoms with van der Waals surface area (Å²) in [5.41, 5.74) is 1.18. The lowest BCUT2D eigenvalue weighted by Gasteiger charge is -2.08. The first kappa shape index (κ1) is 19.4. The summed E-state index contributed by atoms with van der Waals surface area (Å²) in [5.74, 6) is 0.484. The van der Waals surface area contributed by atoms with E-state index >= 15 is 0 Å². The molecule has 2 N–H and O–H groups in total. The topological polar surface area (TPSA) is 84.5 Å². The number of nitrogens with one attached hydrogen (secondary N) is 2. The van der Waals surface area contributed by atoms with Gasteiger partial charge in [0, 0.05) is 6.54 Å². The SMILES string of the molecule is Cc1ccc(OCCCCNC(=O)CNS(=O)(=O)c2cccs2)cc1. The number of unbranched alkanes of at least 4 members (excludes halogenated alkanes) is 1. The molecule has 1 aromatic carbocycles. The summed E-state index contributed by atoms with van der Waals surface area (Å²) in [6, 6.07) is 11.0. The van der Waals surface area contributed by atoms with Crippen LogP contribution in [0.15, 0.2) is 46.0 Å². The monoisotopic (exact) mass is 382 g/mol. The fourth-order valence-electron chi connectivity index (χ4n) is 1.99. The van der Waals surface area contributed by atoms with Crippen molar-refractivity contribution in [2.24, 2.45) is 0 Å². The van der Waals surface area contributed by atoms with Gasteiger partial charge >= 0.3 is 0 Å². The first-order valence-corrected chi connectivity index (χ1v) is 10.3. The van der Waals surface area contributed by atoms with E-state index in [4.69, 9.17) is 4.74 Å². The van der Waals surface area contributed by atoms with E-state index in [0.29, 0.717) is 13.2 Å². The number of hydrogen-bond acceptors (Lipinski definition) is 5. The zero-order valence-corrected chi connectivity index (χ0v) is 15.7. The minimum atomic E-state index is -3.60. The average molecular weight is 383 g/mol. The molecular weight excluding hydrogens is 360 g/mol. The van der Waals surface area contributed by atoms with Crippen LogP contribution < -0.4 is 14.8 Å². The standard InChI is InChI=1S/C17H22N2O4S2/c1-14-6-8-15(9-7-14)23-11-3-2-10-18-16(20)13-19-25(21,22)17-5-4-12-24-17/h4-9,12,19H,2-3,10-11,13H2,1H3,(H,18,20). The van der Waals surface area contributed by atoms with Crippen LogP contribution in [0.5, 0.6) is 5.75 Å². The fourth-order valence-corrected chi connectivity index (χ4v) is 4.01. The van der Waals surface area contributed by atoms with E-state index < -0.39 is 10.0 Å². The van der Waals surface area contributed by atoms with Crippen molar-refractivity contribution in [2.75, 3.05) is 19.7 Å². The number of benzene rings is 1. The molecule has 0 bridgehead atoms. The Bertz CT molecular complexity index is 756. The van der Waals surface area contributed by atoms with Gasteiger partial charge < -0.3 is 10.1 Å². The molecule has 136 valence electrons. The highest BCUT2D eigenvalue weighted by Crippen LogP contribution is 2.14. The van der Waals surface area contributed by atoms with Gasteiger partial charge in [-0.25, -0.2) is 13.1 Å². The zero-order valence-electron chi connectivity index (χ0n) is 14.0.